The second kappa shape index (κ2) is 2.73. The minimum atomic E-state index is -0.417. The van der Waals surface area contributed by atoms with Gasteiger partial charge in [0.05, 0.1) is 11.6 Å². The Morgan fingerprint density at radius 1 is 1.38 bits per heavy atom. The largest absolute Gasteiger partial charge is 0.444 e. The Kier molecular flexibility index (Phi) is 1.77. The molecular formula is C12H19NO3. The molecule has 0 radical (unpaired) electrons. The molecule has 5 atom stereocenters. The fourth-order valence-electron chi connectivity index (χ4n) is 3.61. The highest BCUT2D eigenvalue weighted by molar-refractivity contribution is 5.72. The van der Waals surface area contributed by atoms with E-state index in [0.29, 0.717) is 23.9 Å². The number of hydrogen-bond acceptors (Lipinski definition) is 3. The Hall–Kier alpha value is -0.770. The van der Waals surface area contributed by atoms with E-state index >= 15 is 0 Å². The maximum Gasteiger partial charge on any atom is 0.408 e. The number of hydrogen-bond donors (Lipinski definition) is 1. The molecule has 16 heavy (non-hydrogen) atoms. The second-order valence-corrected chi connectivity index (χ2v) is 6.23. The van der Waals surface area contributed by atoms with Gasteiger partial charge in [0.15, 0.2) is 0 Å². The summed E-state index contributed by atoms with van der Waals surface area (Å²) in [5, 5.41) is 3.05. The number of nitrogens with one attached hydrogen (secondary N) is 1. The van der Waals surface area contributed by atoms with E-state index in [1.54, 1.807) is 7.11 Å². The van der Waals surface area contributed by atoms with Gasteiger partial charge in [-0.05, 0) is 39.0 Å². The summed E-state index contributed by atoms with van der Waals surface area (Å²) in [6.07, 6.45) is 1.17. The summed E-state index contributed by atoms with van der Waals surface area (Å²) in [7, 11) is 1.76. The first kappa shape index (κ1) is 10.4. The van der Waals surface area contributed by atoms with Crippen LogP contribution in [0.25, 0.3) is 0 Å². The molecule has 0 aromatic carbocycles. The first-order valence-electron chi connectivity index (χ1n) is 5.94. The molecule has 1 amide bonds. The fourth-order valence-corrected chi connectivity index (χ4v) is 3.61. The van der Waals surface area contributed by atoms with Crippen molar-refractivity contribution in [2.24, 2.45) is 17.8 Å². The molecule has 0 aromatic heterocycles. The summed E-state index contributed by atoms with van der Waals surface area (Å²) in [6.45, 7) is 5.65. The van der Waals surface area contributed by atoms with Crippen molar-refractivity contribution in [3.05, 3.63) is 0 Å². The van der Waals surface area contributed by atoms with Crippen molar-refractivity contribution in [1.82, 2.24) is 5.32 Å². The van der Waals surface area contributed by atoms with Gasteiger partial charge in [-0.25, -0.2) is 4.79 Å². The molecule has 4 fully saturated rings. The lowest BCUT2D eigenvalue weighted by Gasteiger charge is -2.21. The lowest BCUT2D eigenvalue weighted by molar-refractivity contribution is 0.0493. The van der Waals surface area contributed by atoms with Crippen molar-refractivity contribution in [3.8, 4) is 0 Å². The van der Waals surface area contributed by atoms with E-state index in [0.717, 1.165) is 6.42 Å². The normalized spacial score (nSPS) is 47.2. The van der Waals surface area contributed by atoms with E-state index in [1.807, 2.05) is 20.8 Å². The predicted molar refractivity (Wildman–Crippen MR) is 58.0 cm³/mol. The highest BCUT2D eigenvalue weighted by Gasteiger charge is 2.93. The van der Waals surface area contributed by atoms with Gasteiger partial charge in [0.2, 0.25) is 0 Å². The molecule has 0 saturated heterocycles. The van der Waals surface area contributed by atoms with Crippen LogP contribution in [0.15, 0.2) is 0 Å². The SMILES string of the molecule is COC1CC2C3C1C23NC(=O)OC(C)(C)C. The number of carbonyl (C=O) groups excluding carboxylic acids is 1. The Labute approximate surface area is 95.7 Å². The molecule has 4 nitrogen and oxygen atoms in total. The number of methoxy groups -OCH3 is 1. The van der Waals surface area contributed by atoms with Gasteiger partial charge in [-0.2, -0.15) is 0 Å². The summed E-state index contributed by atoms with van der Waals surface area (Å²) in [5.41, 5.74) is -0.358. The molecule has 4 aliphatic rings. The van der Waals surface area contributed by atoms with Crippen LogP contribution >= 0.6 is 0 Å². The minimum Gasteiger partial charge on any atom is -0.444 e. The molecule has 5 unspecified atom stereocenters. The molecule has 0 heterocycles. The molecule has 1 N–H and O–H groups in total. The summed E-state index contributed by atoms with van der Waals surface area (Å²) in [5.74, 6) is 1.87. The zero-order chi connectivity index (χ0) is 11.7. The van der Waals surface area contributed by atoms with Crippen LogP contribution in [0.5, 0.6) is 0 Å². The third-order valence-corrected chi connectivity index (χ3v) is 4.23. The van der Waals surface area contributed by atoms with Crippen LogP contribution in [0, 0.1) is 17.8 Å². The Morgan fingerprint density at radius 2 is 2.06 bits per heavy atom. The molecule has 4 saturated carbocycles. The average molecular weight is 225 g/mol. The fraction of sp³-hybridized carbons (Fsp3) is 0.917. The first-order chi connectivity index (χ1) is 7.40. The monoisotopic (exact) mass is 225 g/mol. The standard InChI is InChI=1S/C12H19NO3/c1-11(2,3)16-10(14)13-12-6-5-7(15-4)9(12)8(6)12/h6-9H,5H2,1-4H3,(H,13,14). The van der Waals surface area contributed by atoms with Gasteiger partial charge in [-0.3, -0.25) is 0 Å². The Bertz CT molecular complexity index is 343. The minimum absolute atomic E-state index is 0.0585. The summed E-state index contributed by atoms with van der Waals surface area (Å²) in [4.78, 5) is 11.7. The summed E-state index contributed by atoms with van der Waals surface area (Å²) in [6, 6.07) is 0. The van der Waals surface area contributed by atoms with Crippen molar-refractivity contribution in [1.29, 1.82) is 0 Å². The van der Waals surface area contributed by atoms with Crippen molar-refractivity contribution in [3.63, 3.8) is 0 Å². The summed E-state index contributed by atoms with van der Waals surface area (Å²) >= 11 is 0. The van der Waals surface area contributed by atoms with Crippen LogP contribution in [0.4, 0.5) is 4.79 Å². The van der Waals surface area contributed by atoms with Crippen LogP contribution in [0.2, 0.25) is 0 Å². The quantitative estimate of drug-likeness (QED) is 0.775. The highest BCUT2D eigenvalue weighted by Crippen LogP contribution is 2.84. The van der Waals surface area contributed by atoms with Gasteiger partial charge in [-0.1, -0.05) is 0 Å². The zero-order valence-electron chi connectivity index (χ0n) is 10.2. The number of ether oxygens (including phenoxy) is 2. The van der Waals surface area contributed by atoms with Crippen LogP contribution in [-0.4, -0.2) is 30.4 Å². The maximum atomic E-state index is 11.7. The molecule has 2 bridgehead atoms. The number of amides is 1. The number of carbonyl (C=O) groups is 1. The van der Waals surface area contributed by atoms with Crippen molar-refractivity contribution >= 4 is 6.09 Å². The van der Waals surface area contributed by atoms with Crippen molar-refractivity contribution in [2.75, 3.05) is 7.11 Å². The first-order valence-corrected chi connectivity index (χ1v) is 5.94. The third-order valence-electron chi connectivity index (χ3n) is 4.23. The Balaban J connectivity index is 1.58. The molecule has 0 aromatic rings. The van der Waals surface area contributed by atoms with Crippen molar-refractivity contribution < 1.29 is 14.3 Å². The van der Waals surface area contributed by atoms with Gasteiger partial charge in [-0.15, -0.1) is 0 Å². The lowest BCUT2D eigenvalue weighted by atomic mass is 10.1. The maximum absolute atomic E-state index is 11.7. The van der Waals surface area contributed by atoms with Crippen LogP contribution in [-0.2, 0) is 9.47 Å². The van der Waals surface area contributed by atoms with Gasteiger partial charge in [0.25, 0.3) is 0 Å². The molecule has 4 aliphatic carbocycles. The molecule has 0 spiro atoms. The van der Waals surface area contributed by atoms with Crippen LogP contribution < -0.4 is 5.32 Å². The number of rotatable bonds is 2. The second-order valence-electron chi connectivity index (χ2n) is 6.23. The van der Waals surface area contributed by atoms with Gasteiger partial charge in [0.1, 0.15) is 5.60 Å². The number of alkyl carbamates (subject to hydrolysis) is 1. The van der Waals surface area contributed by atoms with E-state index in [-0.39, 0.29) is 11.6 Å². The van der Waals surface area contributed by atoms with Gasteiger partial charge < -0.3 is 14.8 Å². The van der Waals surface area contributed by atoms with Crippen LogP contribution in [0.1, 0.15) is 27.2 Å². The average Bonchev–Trinajstić information content (AvgIpc) is 2.83. The van der Waals surface area contributed by atoms with E-state index in [4.69, 9.17) is 9.47 Å². The van der Waals surface area contributed by atoms with E-state index in [1.165, 1.54) is 0 Å². The zero-order valence-corrected chi connectivity index (χ0v) is 10.2. The van der Waals surface area contributed by atoms with Crippen molar-refractivity contribution in [2.45, 2.75) is 44.4 Å². The smallest absolute Gasteiger partial charge is 0.408 e. The van der Waals surface area contributed by atoms with Crippen LogP contribution in [0.3, 0.4) is 0 Å². The lowest BCUT2D eigenvalue weighted by Crippen LogP contribution is -2.39. The topological polar surface area (TPSA) is 47.6 Å². The van der Waals surface area contributed by atoms with Gasteiger partial charge >= 0.3 is 6.09 Å². The summed E-state index contributed by atoms with van der Waals surface area (Å²) < 4.78 is 10.7. The molecule has 4 rings (SSSR count). The molecular weight excluding hydrogens is 206 g/mol. The highest BCUT2D eigenvalue weighted by atomic mass is 16.6. The molecule has 90 valence electrons. The van der Waals surface area contributed by atoms with Gasteiger partial charge in [0, 0.05) is 13.0 Å². The third kappa shape index (κ3) is 1.16. The Morgan fingerprint density at radius 3 is 2.50 bits per heavy atom. The predicted octanol–water partition coefficient (Wildman–Crippen LogP) is 1.54. The van der Waals surface area contributed by atoms with E-state index in [9.17, 15) is 4.79 Å². The van der Waals surface area contributed by atoms with E-state index in [2.05, 4.69) is 5.32 Å². The molecule has 4 heteroatoms. The van der Waals surface area contributed by atoms with E-state index < -0.39 is 5.60 Å². The molecule has 0 aliphatic heterocycles. The number of fused-ring (bicyclic) bond motifs is 1.